The standard InChI is InChI=1S/C20H40O/c1-2-3-4-5-6-7-8-9-10-11-12-13-14-15-16-17-18-19-20-21/h7-8,21H,2-6,9-20H2,1H3. The molecule has 0 saturated carbocycles. The summed E-state index contributed by atoms with van der Waals surface area (Å²) in [6.45, 7) is 2.64. The van der Waals surface area contributed by atoms with Gasteiger partial charge in [0.25, 0.3) is 0 Å². The van der Waals surface area contributed by atoms with Gasteiger partial charge in [0, 0.05) is 6.61 Å². The van der Waals surface area contributed by atoms with Crippen molar-refractivity contribution >= 4 is 0 Å². The van der Waals surface area contributed by atoms with Gasteiger partial charge >= 0.3 is 0 Å². The van der Waals surface area contributed by atoms with Crippen molar-refractivity contribution in [2.45, 2.75) is 110 Å². The summed E-state index contributed by atoms with van der Waals surface area (Å²) >= 11 is 0. The second kappa shape index (κ2) is 19.7. The third kappa shape index (κ3) is 19.7. The third-order valence-electron chi connectivity index (χ3n) is 4.17. The van der Waals surface area contributed by atoms with Gasteiger partial charge in [-0.3, -0.25) is 0 Å². The summed E-state index contributed by atoms with van der Waals surface area (Å²) in [6.07, 6.45) is 26.2. The van der Waals surface area contributed by atoms with Crippen molar-refractivity contribution in [3.63, 3.8) is 0 Å². The summed E-state index contributed by atoms with van der Waals surface area (Å²) in [4.78, 5) is 0. The first-order valence-corrected chi connectivity index (χ1v) is 9.67. The van der Waals surface area contributed by atoms with E-state index in [1.165, 1.54) is 96.3 Å². The fourth-order valence-corrected chi connectivity index (χ4v) is 2.71. The van der Waals surface area contributed by atoms with Crippen LogP contribution in [0.2, 0.25) is 0 Å². The van der Waals surface area contributed by atoms with Crippen molar-refractivity contribution in [2.24, 2.45) is 0 Å². The van der Waals surface area contributed by atoms with Crippen molar-refractivity contribution in [1.82, 2.24) is 0 Å². The molecule has 0 heterocycles. The molecule has 0 aromatic rings. The highest BCUT2D eigenvalue weighted by Crippen LogP contribution is 2.11. The molecule has 1 heteroatoms. The molecule has 126 valence electrons. The number of aliphatic hydroxyl groups is 1. The molecule has 21 heavy (non-hydrogen) atoms. The molecule has 0 atom stereocenters. The van der Waals surface area contributed by atoms with E-state index in [0.717, 1.165) is 6.42 Å². The van der Waals surface area contributed by atoms with Crippen LogP contribution in [0.25, 0.3) is 0 Å². The van der Waals surface area contributed by atoms with Gasteiger partial charge in [-0.15, -0.1) is 0 Å². The van der Waals surface area contributed by atoms with E-state index in [-0.39, 0.29) is 0 Å². The minimum Gasteiger partial charge on any atom is -0.396 e. The zero-order chi connectivity index (χ0) is 15.4. The van der Waals surface area contributed by atoms with E-state index in [1.807, 2.05) is 0 Å². The van der Waals surface area contributed by atoms with E-state index in [4.69, 9.17) is 5.11 Å². The van der Waals surface area contributed by atoms with Crippen LogP contribution in [0.5, 0.6) is 0 Å². The zero-order valence-electron chi connectivity index (χ0n) is 14.6. The molecular weight excluding hydrogens is 256 g/mol. The molecule has 0 aliphatic rings. The molecule has 0 aliphatic heterocycles. The lowest BCUT2D eigenvalue weighted by Gasteiger charge is -2.01. The normalized spacial score (nSPS) is 11.5. The summed E-state index contributed by atoms with van der Waals surface area (Å²) < 4.78 is 0. The van der Waals surface area contributed by atoms with Crippen LogP contribution in [0.1, 0.15) is 110 Å². The van der Waals surface area contributed by atoms with E-state index < -0.39 is 0 Å². The lowest BCUT2D eigenvalue weighted by atomic mass is 10.1. The van der Waals surface area contributed by atoms with E-state index in [0.29, 0.717) is 6.61 Å². The van der Waals surface area contributed by atoms with Crippen LogP contribution in [0.15, 0.2) is 12.2 Å². The van der Waals surface area contributed by atoms with Crippen LogP contribution >= 0.6 is 0 Å². The van der Waals surface area contributed by atoms with Gasteiger partial charge in [-0.25, -0.2) is 0 Å². The molecule has 0 fully saturated rings. The highest BCUT2D eigenvalue weighted by atomic mass is 16.2. The molecule has 0 bridgehead atoms. The van der Waals surface area contributed by atoms with Gasteiger partial charge in [0.05, 0.1) is 0 Å². The Morgan fingerprint density at radius 2 is 0.905 bits per heavy atom. The molecule has 0 amide bonds. The smallest absolute Gasteiger partial charge is 0.0431 e. The molecule has 0 unspecified atom stereocenters. The molecule has 1 N–H and O–H groups in total. The average Bonchev–Trinajstić information content (AvgIpc) is 2.50. The molecule has 0 saturated heterocycles. The second-order valence-electron chi connectivity index (χ2n) is 6.37. The van der Waals surface area contributed by atoms with Gasteiger partial charge in [0.2, 0.25) is 0 Å². The van der Waals surface area contributed by atoms with E-state index in [2.05, 4.69) is 19.1 Å². The first kappa shape index (κ1) is 20.7. The molecule has 0 rings (SSSR count). The average molecular weight is 297 g/mol. The lowest BCUT2D eigenvalue weighted by molar-refractivity contribution is 0.282. The monoisotopic (exact) mass is 296 g/mol. The predicted octanol–water partition coefficient (Wildman–Crippen LogP) is 6.80. The highest BCUT2D eigenvalue weighted by molar-refractivity contribution is 4.81. The summed E-state index contributed by atoms with van der Waals surface area (Å²) in [6, 6.07) is 0. The number of allylic oxidation sites excluding steroid dienone is 2. The summed E-state index contributed by atoms with van der Waals surface area (Å²) in [5.74, 6) is 0. The fourth-order valence-electron chi connectivity index (χ4n) is 2.71. The summed E-state index contributed by atoms with van der Waals surface area (Å²) in [7, 11) is 0. The van der Waals surface area contributed by atoms with Gasteiger partial charge in [-0.05, 0) is 32.1 Å². The highest BCUT2D eigenvalue weighted by Gasteiger charge is 1.92. The van der Waals surface area contributed by atoms with Crippen LogP contribution in [-0.2, 0) is 0 Å². The van der Waals surface area contributed by atoms with Crippen molar-refractivity contribution in [1.29, 1.82) is 0 Å². The van der Waals surface area contributed by atoms with E-state index in [1.54, 1.807) is 0 Å². The molecule has 0 radical (unpaired) electrons. The fraction of sp³-hybridized carbons (Fsp3) is 0.900. The quantitative estimate of drug-likeness (QED) is 0.231. The largest absolute Gasteiger partial charge is 0.396 e. The minimum absolute atomic E-state index is 0.368. The first-order valence-electron chi connectivity index (χ1n) is 9.67. The Labute approximate surface area is 134 Å². The number of hydrogen-bond acceptors (Lipinski definition) is 1. The van der Waals surface area contributed by atoms with Crippen molar-refractivity contribution < 1.29 is 5.11 Å². The molecule has 1 nitrogen and oxygen atoms in total. The van der Waals surface area contributed by atoms with Crippen LogP contribution in [0.4, 0.5) is 0 Å². The molecule has 0 aromatic carbocycles. The predicted molar refractivity (Wildman–Crippen MR) is 95.8 cm³/mol. The number of hydrogen-bond donors (Lipinski definition) is 1. The topological polar surface area (TPSA) is 20.2 Å². The van der Waals surface area contributed by atoms with Gasteiger partial charge in [0.1, 0.15) is 0 Å². The van der Waals surface area contributed by atoms with E-state index in [9.17, 15) is 0 Å². The van der Waals surface area contributed by atoms with Gasteiger partial charge in [-0.2, -0.15) is 0 Å². The number of unbranched alkanes of at least 4 members (excludes halogenated alkanes) is 14. The Morgan fingerprint density at radius 1 is 0.524 bits per heavy atom. The maximum atomic E-state index is 8.69. The number of rotatable bonds is 17. The molecule has 0 aliphatic carbocycles. The van der Waals surface area contributed by atoms with Crippen molar-refractivity contribution in [3.05, 3.63) is 12.2 Å². The van der Waals surface area contributed by atoms with Gasteiger partial charge in [0.15, 0.2) is 0 Å². The Morgan fingerprint density at radius 3 is 1.33 bits per heavy atom. The lowest BCUT2D eigenvalue weighted by Crippen LogP contribution is -1.84. The molecular formula is C20H40O. The molecule has 0 spiro atoms. The van der Waals surface area contributed by atoms with Crippen LogP contribution in [-0.4, -0.2) is 11.7 Å². The third-order valence-corrected chi connectivity index (χ3v) is 4.17. The first-order chi connectivity index (χ1) is 10.4. The van der Waals surface area contributed by atoms with Crippen molar-refractivity contribution in [2.75, 3.05) is 6.61 Å². The minimum atomic E-state index is 0.368. The Balaban J connectivity index is 3.00. The maximum absolute atomic E-state index is 8.69. The Hall–Kier alpha value is -0.300. The van der Waals surface area contributed by atoms with Gasteiger partial charge in [-0.1, -0.05) is 89.7 Å². The zero-order valence-corrected chi connectivity index (χ0v) is 14.6. The summed E-state index contributed by atoms with van der Waals surface area (Å²) in [5, 5.41) is 8.69. The Kier molecular flexibility index (Phi) is 19.4. The second-order valence-corrected chi connectivity index (χ2v) is 6.37. The summed E-state index contributed by atoms with van der Waals surface area (Å²) in [5.41, 5.74) is 0. The van der Waals surface area contributed by atoms with Crippen LogP contribution in [0, 0.1) is 0 Å². The number of aliphatic hydroxyl groups excluding tert-OH is 1. The van der Waals surface area contributed by atoms with Crippen LogP contribution < -0.4 is 0 Å². The molecule has 0 aromatic heterocycles. The van der Waals surface area contributed by atoms with Crippen LogP contribution in [0.3, 0.4) is 0 Å². The van der Waals surface area contributed by atoms with Crippen molar-refractivity contribution in [3.8, 4) is 0 Å². The SMILES string of the molecule is CCCCCCC=CCCCCCCCCCCCCO. The maximum Gasteiger partial charge on any atom is 0.0431 e. The Bertz CT molecular complexity index is 198. The van der Waals surface area contributed by atoms with E-state index >= 15 is 0 Å². The van der Waals surface area contributed by atoms with Gasteiger partial charge < -0.3 is 5.11 Å².